The predicted octanol–water partition coefficient (Wildman–Crippen LogP) is 2.44. The van der Waals surface area contributed by atoms with Crippen molar-refractivity contribution in [3.8, 4) is 0 Å². The summed E-state index contributed by atoms with van der Waals surface area (Å²) in [7, 11) is 3.57. The van der Waals surface area contributed by atoms with Gasteiger partial charge in [0.05, 0.1) is 10.0 Å². The number of methoxy groups -OCH3 is 1. The first-order valence-corrected chi connectivity index (χ1v) is 5.63. The van der Waals surface area contributed by atoms with Crippen molar-refractivity contribution in [1.82, 2.24) is 4.98 Å². The van der Waals surface area contributed by atoms with Crippen LogP contribution in [0.3, 0.4) is 0 Å². The minimum Gasteiger partial charge on any atom is -0.385 e. The van der Waals surface area contributed by atoms with Gasteiger partial charge in [-0.25, -0.2) is 4.98 Å². The Balaban J connectivity index is 2.75. The normalized spacial score (nSPS) is 10.5. The summed E-state index contributed by atoms with van der Waals surface area (Å²) >= 11 is 11.8. The molecule has 0 aliphatic heterocycles. The van der Waals surface area contributed by atoms with E-state index in [9.17, 15) is 0 Å². The van der Waals surface area contributed by atoms with Gasteiger partial charge >= 0.3 is 0 Å². The Morgan fingerprint density at radius 1 is 1.44 bits per heavy atom. The second-order valence-electron chi connectivity index (χ2n) is 3.43. The Kier molecular flexibility index (Phi) is 5.12. The summed E-state index contributed by atoms with van der Waals surface area (Å²) < 4.78 is 4.98. The number of anilines is 2. The van der Waals surface area contributed by atoms with Gasteiger partial charge in [-0.15, -0.1) is 0 Å². The molecule has 0 aliphatic rings. The van der Waals surface area contributed by atoms with Gasteiger partial charge in [-0.1, -0.05) is 23.2 Å². The smallest absolute Gasteiger partial charge is 0.149 e. The van der Waals surface area contributed by atoms with E-state index in [1.165, 1.54) is 0 Å². The van der Waals surface area contributed by atoms with E-state index < -0.39 is 0 Å². The third kappa shape index (κ3) is 3.40. The van der Waals surface area contributed by atoms with Gasteiger partial charge in [0.25, 0.3) is 0 Å². The van der Waals surface area contributed by atoms with E-state index in [0.29, 0.717) is 28.3 Å². The number of pyridine rings is 1. The molecular formula is C10H15Cl2N3O. The zero-order valence-electron chi connectivity index (χ0n) is 9.33. The van der Waals surface area contributed by atoms with Crippen LogP contribution in [0.1, 0.15) is 6.42 Å². The van der Waals surface area contributed by atoms with E-state index in [1.807, 2.05) is 11.9 Å². The zero-order valence-corrected chi connectivity index (χ0v) is 10.8. The number of aromatic nitrogens is 1. The van der Waals surface area contributed by atoms with Crippen molar-refractivity contribution in [2.45, 2.75) is 6.42 Å². The minimum absolute atomic E-state index is 0.291. The lowest BCUT2D eigenvalue weighted by molar-refractivity contribution is 0.196. The summed E-state index contributed by atoms with van der Waals surface area (Å²) in [5.41, 5.74) is 5.63. The highest BCUT2D eigenvalue weighted by Crippen LogP contribution is 2.29. The summed E-state index contributed by atoms with van der Waals surface area (Å²) in [5.74, 6) is 0.930. The van der Waals surface area contributed by atoms with Crippen LogP contribution in [0, 0.1) is 0 Å². The van der Waals surface area contributed by atoms with Crippen molar-refractivity contribution in [2.75, 3.05) is 37.9 Å². The average molecular weight is 264 g/mol. The topological polar surface area (TPSA) is 51.4 Å². The maximum atomic E-state index is 6.03. The van der Waals surface area contributed by atoms with Crippen LogP contribution in [-0.4, -0.2) is 32.3 Å². The molecule has 0 aromatic carbocycles. The van der Waals surface area contributed by atoms with Gasteiger partial charge in [0, 0.05) is 27.3 Å². The van der Waals surface area contributed by atoms with Crippen LogP contribution in [0.15, 0.2) is 6.07 Å². The van der Waals surface area contributed by atoms with Crippen molar-refractivity contribution in [2.24, 2.45) is 0 Å². The Bertz CT molecular complexity index is 360. The molecule has 0 aliphatic carbocycles. The Morgan fingerprint density at radius 2 is 2.12 bits per heavy atom. The van der Waals surface area contributed by atoms with Crippen LogP contribution < -0.4 is 10.6 Å². The molecule has 1 aromatic heterocycles. The van der Waals surface area contributed by atoms with Crippen molar-refractivity contribution < 1.29 is 4.74 Å². The van der Waals surface area contributed by atoms with E-state index in [2.05, 4.69) is 4.98 Å². The monoisotopic (exact) mass is 263 g/mol. The number of nitrogens with zero attached hydrogens (tertiary/aromatic N) is 2. The highest BCUT2D eigenvalue weighted by atomic mass is 35.5. The van der Waals surface area contributed by atoms with Gasteiger partial charge in [0.15, 0.2) is 0 Å². The van der Waals surface area contributed by atoms with Crippen molar-refractivity contribution in [3.63, 3.8) is 0 Å². The second-order valence-corrected chi connectivity index (χ2v) is 4.24. The lowest BCUT2D eigenvalue weighted by atomic mass is 10.3. The fraction of sp³-hybridized carbons (Fsp3) is 0.500. The van der Waals surface area contributed by atoms with Gasteiger partial charge in [0.2, 0.25) is 0 Å². The number of rotatable bonds is 5. The third-order valence-corrected chi connectivity index (χ3v) is 2.72. The first-order valence-electron chi connectivity index (χ1n) is 4.88. The zero-order chi connectivity index (χ0) is 12.1. The molecule has 0 amide bonds. The molecule has 0 fully saturated rings. The standard InChI is InChI=1S/C10H15Cl2N3O/c1-15(4-3-5-16-2)10-8(12)6-7(11)9(13)14-10/h6H,3-5H2,1-2H3,(H2,13,14). The first-order chi connectivity index (χ1) is 7.56. The maximum absolute atomic E-state index is 6.03. The van der Waals surface area contributed by atoms with Crippen molar-refractivity contribution >= 4 is 34.8 Å². The van der Waals surface area contributed by atoms with E-state index in [-0.39, 0.29) is 0 Å². The first kappa shape index (κ1) is 13.4. The van der Waals surface area contributed by atoms with E-state index in [4.69, 9.17) is 33.7 Å². The number of halogens is 2. The molecule has 6 heteroatoms. The number of hydrogen-bond acceptors (Lipinski definition) is 4. The van der Waals surface area contributed by atoms with Crippen molar-refractivity contribution in [3.05, 3.63) is 16.1 Å². The number of nitrogen functional groups attached to an aromatic ring is 1. The highest BCUT2D eigenvalue weighted by molar-refractivity contribution is 6.37. The highest BCUT2D eigenvalue weighted by Gasteiger charge is 2.10. The lowest BCUT2D eigenvalue weighted by Gasteiger charge is -2.19. The quantitative estimate of drug-likeness (QED) is 0.830. The molecule has 1 heterocycles. The number of ether oxygens (including phenoxy) is 1. The molecule has 90 valence electrons. The minimum atomic E-state index is 0.291. The molecule has 0 spiro atoms. The molecular weight excluding hydrogens is 249 g/mol. The predicted molar refractivity (Wildman–Crippen MR) is 68.4 cm³/mol. The van der Waals surface area contributed by atoms with Gasteiger partial charge in [-0.05, 0) is 12.5 Å². The molecule has 16 heavy (non-hydrogen) atoms. The molecule has 0 saturated carbocycles. The fourth-order valence-electron chi connectivity index (χ4n) is 1.29. The summed E-state index contributed by atoms with van der Waals surface area (Å²) in [4.78, 5) is 6.07. The molecule has 4 nitrogen and oxygen atoms in total. The van der Waals surface area contributed by atoms with Crippen molar-refractivity contribution in [1.29, 1.82) is 0 Å². The fourth-order valence-corrected chi connectivity index (χ4v) is 1.79. The van der Waals surface area contributed by atoms with Gasteiger partial charge < -0.3 is 15.4 Å². The molecule has 0 radical (unpaired) electrons. The van der Waals surface area contributed by atoms with Crippen LogP contribution in [0.4, 0.5) is 11.6 Å². The largest absolute Gasteiger partial charge is 0.385 e. The van der Waals surface area contributed by atoms with E-state index >= 15 is 0 Å². The van der Waals surface area contributed by atoms with Crippen LogP contribution in [0.2, 0.25) is 10.0 Å². The average Bonchev–Trinajstić information content (AvgIpc) is 2.23. The van der Waals surface area contributed by atoms with Crippen LogP contribution in [0.5, 0.6) is 0 Å². The summed E-state index contributed by atoms with van der Waals surface area (Å²) in [6.07, 6.45) is 0.896. The lowest BCUT2D eigenvalue weighted by Crippen LogP contribution is -2.21. The summed E-state index contributed by atoms with van der Waals surface area (Å²) in [6.45, 7) is 1.49. The molecule has 1 rings (SSSR count). The van der Waals surface area contributed by atoms with Gasteiger partial charge in [-0.2, -0.15) is 0 Å². The SMILES string of the molecule is COCCCN(C)c1nc(N)c(Cl)cc1Cl. The number of nitrogens with two attached hydrogens (primary N) is 1. The second kappa shape index (κ2) is 6.13. The summed E-state index contributed by atoms with van der Waals surface area (Å²) in [5, 5.41) is 0.873. The molecule has 0 atom stereocenters. The molecule has 0 unspecified atom stereocenters. The Labute approximate surface area is 105 Å². The van der Waals surface area contributed by atoms with E-state index in [1.54, 1.807) is 13.2 Å². The van der Waals surface area contributed by atoms with Crippen LogP contribution >= 0.6 is 23.2 Å². The molecule has 2 N–H and O–H groups in total. The molecule has 0 bridgehead atoms. The molecule has 1 aromatic rings. The number of hydrogen-bond donors (Lipinski definition) is 1. The van der Waals surface area contributed by atoms with Crippen LogP contribution in [0.25, 0.3) is 0 Å². The molecule has 0 saturated heterocycles. The van der Waals surface area contributed by atoms with Crippen LogP contribution in [-0.2, 0) is 4.74 Å². The van der Waals surface area contributed by atoms with Gasteiger partial charge in [-0.3, -0.25) is 0 Å². The maximum Gasteiger partial charge on any atom is 0.149 e. The van der Waals surface area contributed by atoms with Gasteiger partial charge in [0.1, 0.15) is 11.6 Å². The Hall–Kier alpha value is -0.710. The Morgan fingerprint density at radius 3 is 2.75 bits per heavy atom. The third-order valence-electron chi connectivity index (χ3n) is 2.14. The summed E-state index contributed by atoms with van der Waals surface area (Å²) in [6, 6.07) is 1.60. The van der Waals surface area contributed by atoms with E-state index in [0.717, 1.165) is 13.0 Å².